The molecule has 1 aromatic heterocycles. The lowest BCUT2D eigenvalue weighted by molar-refractivity contribution is 0.888. The summed E-state index contributed by atoms with van der Waals surface area (Å²) >= 11 is 5.82. The number of rotatable bonds is 3. The van der Waals surface area contributed by atoms with Gasteiger partial charge in [-0.1, -0.05) is 11.6 Å². The molecular formula is C10H13ClN2. The van der Waals surface area contributed by atoms with E-state index < -0.39 is 0 Å². The summed E-state index contributed by atoms with van der Waals surface area (Å²) in [5.41, 5.74) is 2.11. The molecule has 0 radical (unpaired) electrons. The molecule has 0 spiro atoms. The van der Waals surface area contributed by atoms with Crippen molar-refractivity contribution in [2.45, 2.75) is 19.8 Å². The van der Waals surface area contributed by atoms with Crippen LogP contribution in [0.25, 0.3) is 0 Å². The molecule has 2 rings (SSSR count). The third-order valence-electron chi connectivity index (χ3n) is 2.31. The molecule has 1 aliphatic rings. The van der Waals surface area contributed by atoms with Crippen molar-refractivity contribution in [2.24, 2.45) is 5.92 Å². The van der Waals surface area contributed by atoms with Gasteiger partial charge in [0.05, 0.1) is 11.9 Å². The lowest BCUT2D eigenvalue weighted by Crippen LogP contribution is -2.03. The smallest absolute Gasteiger partial charge is 0.132 e. The van der Waals surface area contributed by atoms with Crippen LogP contribution in [0.2, 0.25) is 5.15 Å². The molecular weight excluding hydrogens is 184 g/mol. The Kier molecular flexibility index (Phi) is 2.40. The average Bonchev–Trinajstić information content (AvgIpc) is 2.91. The molecule has 1 heterocycles. The zero-order chi connectivity index (χ0) is 9.26. The van der Waals surface area contributed by atoms with E-state index in [1.54, 1.807) is 6.20 Å². The molecule has 1 aliphatic carbocycles. The molecule has 0 saturated heterocycles. The number of hydrogen-bond donors (Lipinski definition) is 1. The predicted molar refractivity (Wildman–Crippen MR) is 55.2 cm³/mol. The minimum Gasteiger partial charge on any atom is -0.384 e. The van der Waals surface area contributed by atoms with Crippen molar-refractivity contribution in [1.82, 2.24) is 4.98 Å². The number of aryl methyl sites for hydroxylation is 1. The van der Waals surface area contributed by atoms with Crippen LogP contribution in [0.4, 0.5) is 5.69 Å². The number of halogens is 1. The second-order valence-electron chi connectivity index (χ2n) is 3.66. The van der Waals surface area contributed by atoms with Crippen molar-refractivity contribution in [2.75, 3.05) is 11.9 Å². The van der Waals surface area contributed by atoms with Crippen LogP contribution in [0.3, 0.4) is 0 Å². The van der Waals surface area contributed by atoms with E-state index in [1.165, 1.54) is 12.8 Å². The number of nitrogens with one attached hydrogen (secondary N) is 1. The van der Waals surface area contributed by atoms with Gasteiger partial charge in [0.15, 0.2) is 0 Å². The molecule has 3 heteroatoms. The van der Waals surface area contributed by atoms with Crippen LogP contribution in [0.15, 0.2) is 12.3 Å². The highest BCUT2D eigenvalue weighted by molar-refractivity contribution is 6.30. The van der Waals surface area contributed by atoms with Gasteiger partial charge in [0.25, 0.3) is 0 Å². The summed E-state index contributed by atoms with van der Waals surface area (Å²) in [4.78, 5) is 4.08. The monoisotopic (exact) mass is 196 g/mol. The van der Waals surface area contributed by atoms with Gasteiger partial charge >= 0.3 is 0 Å². The van der Waals surface area contributed by atoms with E-state index in [0.717, 1.165) is 23.7 Å². The maximum Gasteiger partial charge on any atom is 0.132 e. The Bertz CT molecular complexity index is 308. The predicted octanol–water partition coefficient (Wildman–Crippen LogP) is 2.87. The van der Waals surface area contributed by atoms with Crippen LogP contribution in [0.5, 0.6) is 0 Å². The summed E-state index contributed by atoms with van der Waals surface area (Å²) in [5, 5.41) is 3.95. The Morgan fingerprint density at radius 1 is 1.62 bits per heavy atom. The van der Waals surface area contributed by atoms with Gasteiger partial charge in [-0.05, 0) is 37.3 Å². The van der Waals surface area contributed by atoms with Gasteiger partial charge in [-0.2, -0.15) is 0 Å². The molecule has 1 saturated carbocycles. The Morgan fingerprint density at radius 2 is 2.38 bits per heavy atom. The molecule has 2 nitrogen and oxygen atoms in total. The van der Waals surface area contributed by atoms with E-state index in [4.69, 9.17) is 11.6 Å². The van der Waals surface area contributed by atoms with Crippen molar-refractivity contribution in [3.8, 4) is 0 Å². The van der Waals surface area contributed by atoms with Gasteiger partial charge in [-0.25, -0.2) is 4.98 Å². The molecule has 0 amide bonds. The van der Waals surface area contributed by atoms with Crippen molar-refractivity contribution in [1.29, 1.82) is 0 Å². The van der Waals surface area contributed by atoms with Crippen LogP contribution >= 0.6 is 11.6 Å². The third-order valence-corrected chi connectivity index (χ3v) is 2.70. The normalized spacial score (nSPS) is 15.8. The van der Waals surface area contributed by atoms with Gasteiger partial charge in [0.1, 0.15) is 5.15 Å². The first-order chi connectivity index (χ1) is 6.25. The van der Waals surface area contributed by atoms with Gasteiger partial charge in [0.2, 0.25) is 0 Å². The average molecular weight is 197 g/mol. The second-order valence-corrected chi connectivity index (χ2v) is 4.01. The number of pyridine rings is 1. The SMILES string of the molecule is Cc1cc(NCC2CC2)cnc1Cl. The summed E-state index contributed by atoms with van der Waals surface area (Å²) in [6.45, 7) is 3.04. The van der Waals surface area contributed by atoms with Gasteiger partial charge < -0.3 is 5.32 Å². The maximum absolute atomic E-state index is 5.82. The minimum absolute atomic E-state index is 0.594. The summed E-state index contributed by atoms with van der Waals surface area (Å²) < 4.78 is 0. The highest BCUT2D eigenvalue weighted by Crippen LogP contribution is 2.29. The van der Waals surface area contributed by atoms with E-state index in [2.05, 4.69) is 10.3 Å². The Hall–Kier alpha value is -0.760. The molecule has 0 bridgehead atoms. The largest absolute Gasteiger partial charge is 0.384 e. The van der Waals surface area contributed by atoms with Crippen molar-refractivity contribution in [3.05, 3.63) is 23.0 Å². The van der Waals surface area contributed by atoms with Crippen LogP contribution in [-0.4, -0.2) is 11.5 Å². The van der Waals surface area contributed by atoms with E-state index in [9.17, 15) is 0 Å². The van der Waals surface area contributed by atoms with Gasteiger partial charge in [-0.3, -0.25) is 0 Å². The third kappa shape index (κ3) is 2.34. The van der Waals surface area contributed by atoms with E-state index in [0.29, 0.717) is 5.15 Å². The fourth-order valence-electron chi connectivity index (χ4n) is 1.24. The van der Waals surface area contributed by atoms with Crippen molar-refractivity contribution < 1.29 is 0 Å². The lowest BCUT2D eigenvalue weighted by Gasteiger charge is -2.05. The molecule has 13 heavy (non-hydrogen) atoms. The zero-order valence-corrected chi connectivity index (χ0v) is 8.43. The Labute approximate surface area is 83.3 Å². The molecule has 0 aliphatic heterocycles. The second kappa shape index (κ2) is 3.54. The first-order valence-electron chi connectivity index (χ1n) is 4.62. The first-order valence-corrected chi connectivity index (χ1v) is 4.99. The van der Waals surface area contributed by atoms with Crippen molar-refractivity contribution >= 4 is 17.3 Å². The standard InChI is InChI=1S/C10H13ClN2/c1-7-4-9(6-13-10(7)11)12-5-8-2-3-8/h4,6,8,12H,2-3,5H2,1H3. The fourth-order valence-corrected chi connectivity index (χ4v) is 1.34. The summed E-state index contributed by atoms with van der Waals surface area (Å²) in [5.74, 6) is 0.885. The fraction of sp³-hybridized carbons (Fsp3) is 0.500. The molecule has 0 unspecified atom stereocenters. The quantitative estimate of drug-likeness (QED) is 0.753. The lowest BCUT2D eigenvalue weighted by atomic mass is 10.3. The van der Waals surface area contributed by atoms with Crippen molar-refractivity contribution in [3.63, 3.8) is 0 Å². The van der Waals surface area contributed by atoms with E-state index in [1.807, 2.05) is 13.0 Å². The molecule has 1 fully saturated rings. The minimum atomic E-state index is 0.594. The summed E-state index contributed by atoms with van der Waals surface area (Å²) in [6, 6.07) is 2.04. The number of anilines is 1. The maximum atomic E-state index is 5.82. The van der Waals surface area contributed by atoms with Gasteiger partial charge in [0, 0.05) is 6.54 Å². The summed E-state index contributed by atoms with van der Waals surface area (Å²) in [6.07, 6.45) is 4.53. The van der Waals surface area contributed by atoms with Crippen LogP contribution < -0.4 is 5.32 Å². The van der Waals surface area contributed by atoms with Gasteiger partial charge in [-0.15, -0.1) is 0 Å². The van der Waals surface area contributed by atoms with Crippen LogP contribution in [-0.2, 0) is 0 Å². The number of aromatic nitrogens is 1. The molecule has 0 atom stereocenters. The Balaban J connectivity index is 1.98. The zero-order valence-electron chi connectivity index (χ0n) is 7.68. The molecule has 70 valence electrons. The molecule has 0 aromatic carbocycles. The highest BCUT2D eigenvalue weighted by Gasteiger charge is 2.20. The summed E-state index contributed by atoms with van der Waals surface area (Å²) in [7, 11) is 0. The van der Waals surface area contributed by atoms with Crippen LogP contribution in [0.1, 0.15) is 18.4 Å². The Morgan fingerprint density at radius 3 is 3.00 bits per heavy atom. The topological polar surface area (TPSA) is 24.9 Å². The first kappa shape index (κ1) is 8.82. The highest BCUT2D eigenvalue weighted by atomic mass is 35.5. The van der Waals surface area contributed by atoms with E-state index >= 15 is 0 Å². The molecule has 1 N–H and O–H groups in total. The van der Waals surface area contributed by atoms with Crippen LogP contribution in [0, 0.1) is 12.8 Å². The van der Waals surface area contributed by atoms with E-state index in [-0.39, 0.29) is 0 Å². The number of hydrogen-bond acceptors (Lipinski definition) is 2. The molecule has 1 aromatic rings. The number of nitrogens with zero attached hydrogens (tertiary/aromatic N) is 1.